The Balaban J connectivity index is 2.12. The number of hydrogen-bond donors (Lipinski definition) is 3. The molecular formula is C12H13N3O5S. The van der Waals surface area contributed by atoms with Gasteiger partial charge in [-0.25, -0.2) is 9.78 Å². The largest absolute Gasteiger partial charge is 0.480 e. The SMILES string of the molecule is O=C(Cn1cnc2sccc2c1=O)NC(CCO)C(=O)O. The van der Waals surface area contributed by atoms with Gasteiger partial charge >= 0.3 is 5.97 Å². The van der Waals surface area contributed by atoms with Gasteiger partial charge in [0.05, 0.1) is 11.7 Å². The second-order valence-corrected chi connectivity index (χ2v) is 5.18. The van der Waals surface area contributed by atoms with Crippen molar-refractivity contribution in [2.45, 2.75) is 19.0 Å². The van der Waals surface area contributed by atoms with E-state index in [2.05, 4.69) is 10.3 Å². The minimum atomic E-state index is -1.24. The molecule has 9 heteroatoms. The Labute approximate surface area is 122 Å². The summed E-state index contributed by atoms with van der Waals surface area (Å²) in [6.07, 6.45) is 1.15. The molecule has 0 spiro atoms. The van der Waals surface area contributed by atoms with Crippen molar-refractivity contribution < 1.29 is 19.8 Å². The highest BCUT2D eigenvalue weighted by atomic mass is 32.1. The summed E-state index contributed by atoms with van der Waals surface area (Å²) in [6.45, 7) is -0.688. The number of aliphatic hydroxyl groups excluding tert-OH is 1. The van der Waals surface area contributed by atoms with Crippen LogP contribution in [0.1, 0.15) is 6.42 Å². The molecule has 1 amide bonds. The third kappa shape index (κ3) is 3.44. The molecule has 0 aliphatic rings. The number of rotatable bonds is 6. The lowest BCUT2D eigenvalue weighted by Gasteiger charge is -2.13. The number of nitrogens with zero attached hydrogens (tertiary/aromatic N) is 2. The van der Waals surface area contributed by atoms with Crippen LogP contribution in [0.2, 0.25) is 0 Å². The standard InChI is InChI=1S/C12H13N3O5S/c16-3-1-8(12(19)20)14-9(17)5-15-6-13-10-7(11(15)18)2-4-21-10/h2,4,6,8,16H,1,3,5H2,(H,14,17)(H,19,20). The molecule has 3 N–H and O–H groups in total. The van der Waals surface area contributed by atoms with Crippen LogP contribution in [0.25, 0.3) is 10.2 Å². The molecule has 0 bridgehead atoms. The maximum absolute atomic E-state index is 12.1. The first-order valence-electron chi connectivity index (χ1n) is 6.08. The first kappa shape index (κ1) is 15.1. The van der Waals surface area contributed by atoms with E-state index in [1.165, 1.54) is 17.7 Å². The van der Waals surface area contributed by atoms with Gasteiger partial charge in [-0.3, -0.25) is 14.2 Å². The lowest BCUT2D eigenvalue weighted by Crippen LogP contribution is -2.43. The Morgan fingerprint density at radius 1 is 1.48 bits per heavy atom. The number of carboxylic acids is 1. The van der Waals surface area contributed by atoms with Crippen molar-refractivity contribution in [2.75, 3.05) is 6.61 Å². The van der Waals surface area contributed by atoms with E-state index in [0.717, 1.165) is 4.57 Å². The number of thiophene rings is 1. The molecule has 21 heavy (non-hydrogen) atoms. The first-order chi connectivity index (χ1) is 10.0. The molecule has 2 aromatic heterocycles. The summed E-state index contributed by atoms with van der Waals surface area (Å²) in [5.74, 6) is -1.87. The van der Waals surface area contributed by atoms with Gasteiger partial charge in [-0.15, -0.1) is 11.3 Å². The molecule has 0 aliphatic carbocycles. The summed E-state index contributed by atoms with van der Waals surface area (Å²) >= 11 is 1.32. The lowest BCUT2D eigenvalue weighted by atomic mass is 10.2. The summed E-state index contributed by atoms with van der Waals surface area (Å²) in [5, 5.41) is 22.0. The number of carbonyl (C=O) groups excluding carboxylic acids is 1. The van der Waals surface area contributed by atoms with Gasteiger partial charge in [-0.1, -0.05) is 0 Å². The molecular weight excluding hydrogens is 298 g/mol. The highest BCUT2D eigenvalue weighted by molar-refractivity contribution is 7.16. The van der Waals surface area contributed by atoms with Crippen LogP contribution in [0.3, 0.4) is 0 Å². The number of nitrogens with one attached hydrogen (secondary N) is 1. The minimum absolute atomic E-state index is 0.0994. The summed E-state index contributed by atoms with van der Waals surface area (Å²) in [6, 6.07) is 0.436. The van der Waals surface area contributed by atoms with Crippen LogP contribution in [0.5, 0.6) is 0 Å². The number of carboxylic acid groups (broad SMARTS) is 1. The van der Waals surface area contributed by atoms with E-state index < -0.39 is 17.9 Å². The predicted molar refractivity (Wildman–Crippen MR) is 75.1 cm³/mol. The summed E-state index contributed by atoms with van der Waals surface area (Å²) < 4.78 is 1.11. The van der Waals surface area contributed by atoms with Crippen LogP contribution in [0, 0.1) is 0 Å². The number of hydrogen-bond acceptors (Lipinski definition) is 6. The number of fused-ring (bicyclic) bond motifs is 1. The fourth-order valence-corrected chi connectivity index (χ4v) is 2.51. The van der Waals surface area contributed by atoms with E-state index in [-0.39, 0.29) is 25.1 Å². The minimum Gasteiger partial charge on any atom is -0.480 e. The Morgan fingerprint density at radius 2 is 2.24 bits per heavy atom. The maximum atomic E-state index is 12.1. The Bertz CT molecular complexity index is 723. The van der Waals surface area contributed by atoms with E-state index in [0.29, 0.717) is 10.2 Å². The van der Waals surface area contributed by atoms with Gasteiger partial charge in [-0.05, 0) is 11.4 Å². The normalized spacial score (nSPS) is 12.2. The molecule has 0 saturated carbocycles. The maximum Gasteiger partial charge on any atom is 0.326 e. The van der Waals surface area contributed by atoms with E-state index in [1.807, 2.05) is 0 Å². The fraction of sp³-hybridized carbons (Fsp3) is 0.333. The van der Waals surface area contributed by atoms with Crippen molar-refractivity contribution in [3.05, 3.63) is 28.1 Å². The van der Waals surface area contributed by atoms with Gasteiger partial charge in [0.25, 0.3) is 5.56 Å². The van der Waals surface area contributed by atoms with Gasteiger partial charge in [-0.2, -0.15) is 0 Å². The fourth-order valence-electron chi connectivity index (χ4n) is 1.79. The van der Waals surface area contributed by atoms with Crippen molar-refractivity contribution >= 4 is 33.4 Å². The zero-order valence-electron chi connectivity index (χ0n) is 10.9. The molecule has 1 unspecified atom stereocenters. The molecule has 2 heterocycles. The third-order valence-corrected chi connectivity index (χ3v) is 3.64. The summed E-state index contributed by atoms with van der Waals surface area (Å²) in [7, 11) is 0. The molecule has 0 radical (unpaired) electrons. The number of aromatic nitrogens is 2. The zero-order valence-corrected chi connectivity index (χ0v) is 11.7. The van der Waals surface area contributed by atoms with E-state index in [9.17, 15) is 14.4 Å². The molecule has 0 fully saturated rings. The van der Waals surface area contributed by atoms with Crippen LogP contribution >= 0.6 is 11.3 Å². The Morgan fingerprint density at radius 3 is 2.90 bits per heavy atom. The van der Waals surface area contributed by atoms with Gasteiger partial charge < -0.3 is 15.5 Å². The van der Waals surface area contributed by atoms with Crippen molar-refractivity contribution in [2.24, 2.45) is 0 Å². The molecule has 8 nitrogen and oxygen atoms in total. The Kier molecular flexibility index (Phi) is 4.66. The van der Waals surface area contributed by atoms with Crippen molar-refractivity contribution in [1.82, 2.24) is 14.9 Å². The lowest BCUT2D eigenvalue weighted by molar-refractivity contribution is -0.142. The molecule has 0 aromatic carbocycles. The van der Waals surface area contributed by atoms with Gasteiger partial charge in [0, 0.05) is 13.0 Å². The van der Waals surface area contributed by atoms with E-state index in [1.54, 1.807) is 11.4 Å². The smallest absolute Gasteiger partial charge is 0.326 e. The van der Waals surface area contributed by atoms with E-state index in [4.69, 9.17) is 10.2 Å². The van der Waals surface area contributed by atoms with Crippen molar-refractivity contribution in [3.8, 4) is 0 Å². The highest BCUT2D eigenvalue weighted by Gasteiger charge is 2.19. The van der Waals surface area contributed by atoms with Gasteiger partial charge in [0.15, 0.2) is 0 Å². The van der Waals surface area contributed by atoms with Crippen LogP contribution in [-0.2, 0) is 16.1 Å². The number of aliphatic hydroxyl groups is 1. The summed E-state index contributed by atoms with van der Waals surface area (Å²) in [5.41, 5.74) is -0.356. The third-order valence-electron chi connectivity index (χ3n) is 2.82. The number of carbonyl (C=O) groups is 2. The van der Waals surface area contributed by atoms with Gasteiger partial charge in [0.1, 0.15) is 17.4 Å². The summed E-state index contributed by atoms with van der Waals surface area (Å²) in [4.78, 5) is 39.4. The number of amides is 1. The second kappa shape index (κ2) is 6.46. The molecule has 112 valence electrons. The predicted octanol–water partition coefficient (Wildman–Crippen LogP) is -0.590. The van der Waals surface area contributed by atoms with Crippen LogP contribution in [0.4, 0.5) is 0 Å². The molecule has 2 aromatic rings. The quantitative estimate of drug-likeness (QED) is 0.655. The van der Waals surface area contributed by atoms with Crippen LogP contribution in [0.15, 0.2) is 22.6 Å². The molecule has 1 atom stereocenters. The van der Waals surface area contributed by atoms with Gasteiger partial charge in [0.2, 0.25) is 5.91 Å². The Hall–Kier alpha value is -2.26. The monoisotopic (exact) mass is 311 g/mol. The molecule has 2 rings (SSSR count). The molecule has 0 saturated heterocycles. The van der Waals surface area contributed by atoms with Crippen molar-refractivity contribution in [1.29, 1.82) is 0 Å². The first-order valence-corrected chi connectivity index (χ1v) is 6.96. The number of aliphatic carboxylic acids is 1. The second-order valence-electron chi connectivity index (χ2n) is 4.29. The average Bonchev–Trinajstić information content (AvgIpc) is 2.90. The van der Waals surface area contributed by atoms with Crippen molar-refractivity contribution in [3.63, 3.8) is 0 Å². The average molecular weight is 311 g/mol. The van der Waals surface area contributed by atoms with Crippen LogP contribution in [-0.4, -0.2) is 44.3 Å². The highest BCUT2D eigenvalue weighted by Crippen LogP contribution is 2.13. The van der Waals surface area contributed by atoms with Crippen LogP contribution < -0.4 is 10.9 Å². The van der Waals surface area contributed by atoms with E-state index >= 15 is 0 Å². The topological polar surface area (TPSA) is 122 Å². The zero-order chi connectivity index (χ0) is 15.4. The molecule has 0 aliphatic heterocycles.